The maximum absolute atomic E-state index is 12.8. The molecule has 454 valence electrons. The second-order valence-electron chi connectivity index (χ2n) is 16.7. The zero-order valence-electron chi connectivity index (χ0n) is 41.2. The van der Waals surface area contributed by atoms with E-state index in [1.807, 2.05) is 5.43 Å². The van der Waals surface area contributed by atoms with Crippen LogP contribution < -0.4 is 37.9 Å². The van der Waals surface area contributed by atoms with Crippen molar-refractivity contribution in [3.63, 3.8) is 0 Å². The van der Waals surface area contributed by atoms with Gasteiger partial charge in [0.15, 0.2) is 5.75 Å². The summed E-state index contributed by atoms with van der Waals surface area (Å²) in [6.07, 6.45) is 0. The molecule has 37 nitrogen and oxygen atoms in total. The molecule has 6 aromatic carbocycles. The number of nitrogen functional groups attached to an aromatic ring is 1. The van der Waals surface area contributed by atoms with E-state index in [1.165, 1.54) is 12.1 Å². The summed E-state index contributed by atoms with van der Waals surface area (Å²) in [6.45, 7) is 0. The summed E-state index contributed by atoms with van der Waals surface area (Å²) >= 11 is 12.3. The van der Waals surface area contributed by atoms with Crippen molar-refractivity contribution in [3.05, 3.63) is 102 Å². The molecular formula is C40H31Cl2N15O22S7. The average Bonchev–Trinajstić information content (AvgIpc) is 0.778. The predicted molar refractivity (Wildman–Crippen MR) is 299 cm³/mol. The molecule has 0 unspecified atom stereocenters. The number of halogens is 2. The summed E-state index contributed by atoms with van der Waals surface area (Å²) < 4.78 is 242. The van der Waals surface area contributed by atoms with Crippen LogP contribution in [0.2, 0.25) is 10.6 Å². The quantitative estimate of drug-likeness (QED) is 0.0198. The van der Waals surface area contributed by atoms with E-state index in [2.05, 4.69) is 66.8 Å². The van der Waals surface area contributed by atoms with Gasteiger partial charge in [0.25, 0.3) is 70.8 Å². The van der Waals surface area contributed by atoms with Crippen molar-refractivity contribution < 1.29 is 95.9 Å². The molecule has 16 N–H and O–H groups in total. The lowest BCUT2D eigenvalue weighted by Crippen LogP contribution is -2.17. The number of aromatic hydroxyl groups is 1. The highest BCUT2D eigenvalue weighted by Gasteiger charge is 2.30. The Morgan fingerprint density at radius 3 is 1.37 bits per heavy atom. The largest absolute Gasteiger partial charge is 0.505 e. The maximum atomic E-state index is 12.8. The van der Waals surface area contributed by atoms with Crippen molar-refractivity contribution in [3.8, 4) is 5.75 Å². The molecule has 0 aliphatic carbocycles. The van der Waals surface area contributed by atoms with Crippen LogP contribution in [0, 0.1) is 0 Å². The summed E-state index contributed by atoms with van der Waals surface area (Å²) in [4.78, 5) is 16.7. The molecule has 0 saturated heterocycles. The van der Waals surface area contributed by atoms with Crippen molar-refractivity contribution in [2.24, 2.45) is 10.2 Å². The van der Waals surface area contributed by atoms with Crippen LogP contribution in [0.3, 0.4) is 0 Å². The normalized spacial score (nSPS) is 12.7. The summed E-state index contributed by atoms with van der Waals surface area (Å²) in [5.41, 5.74) is 4.48. The zero-order valence-corrected chi connectivity index (χ0v) is 48.4. The monoisotopic (exact) mass is 1370 g/mol. The SMILES string of the molecule is Nc1c(NNc2cc(S(=O)(=O)O)ccc2S(=O)(=O)O)c(S(=O)(=O)O)cc2cc(S(=O)(=O)O)c(N=Nc3cc(Nc4nc(Cl)nc(Nc5ccc(S(=O)(=O)O)c(Nc6nc(Cl)nc(Nc7cccc(S(=O)(=O)O)c7)n6)c5)n4)ccc3S(=O)(=O)O)c(O)c12. The summed E-state index contributed by atoms with van der Waals surface area (Å²) in [5, 5.41) is 26.8. The number of benzene rings is 6. The molecule has 0 spiro atoms. The van der Waals surface area contributed by atoms with Crippen LogP contribution in [-0.4, -0.2) is 126 Å². The van der Waals surface area contributed by atoms with E-state index in [-0.39, 0.29) is 23.0 Å². The average molecular weight is 1370 g/mol. The molecule has 0 bridgehead atoms. The van der Waals surface area contributed by atoms with Gasteiger partial charge in [-0.15, -0.1) is 10.2 Å². The lowest BCUT2D eigenvalue weighted by atomic mass is 10.0. The number of nitrogens with one attached hydrogen (secondary N) is 6. The summed E-state index contributed by atoms with van der Waals surface area (Å²) in [6, 6.07) is 12.7. The van der Waals surface area contributed by atoms with Crippen molar-refractivity contribution in [2.45, 2.75) is 34.3 Å². The third kappa shape index (κ3) is 14.8. The minimum Gasteiger partial charge on any atom is -0.505 e. The van der Waals surface area contributed by atoms with Gasteiger partial charge in [-0.25, -0.2) is 0 Å². The number of phenols is 1. The fraction of sp³-hybridized carbons (Fsp3) is 0. The lowest BCUT2D eigenvalue weighted by molar-refractivity contribution is 0.472. The third-order valence-corrected chi connectivity index (χ3v) is 17.4. The Bertz CT molecular complexity index is 5060. The number of phenolic OH excluding ortho intramolecular Hbond substituents is 1. The van der Waals surface area contributed by atoms with E-state index < -0.39 is 184 Å². The Labute approximate surface area is 492 Å². The van der Waals surface area contributed by atoms with E-state index in [0.29, 0.717) is 36.4 Å². The van der Waals surface area contributed by atoms with Crippen LogP contribution in [0.25, 0.3) is 10.8 Å². The fourth-order valence-corrected chi connectivity index (χ4v) is 11.9. The van der Waals surface area contributed by atoms with Crippen LogP contribution in [-0.2, 0) is 70.8 Å². The minimum absolute atomic E-state index is 0.0403. The smallest absolute Gasteiger partial charge is 0.296 e. The predicted octanol–water partition coefficient (Wildman–Crippen LogP) is 5.36. The number of nitrogens with two attached hydrogens (primary N) is 1. The second-order valence-corrected chi connectivity index (χ2v) is 27.2. The first-order valence-corrected chi connectivity index (χ1v) is 32.8. The standard InChI is InChI=1S/C40H31Cl2N15O22S7/c41-35-48-38(45-18-4-7-25(82(65,66)67)22(13-18)47-40-51-36(42)50-37(53-40)44-17-2-1-3-20(12-17)80(59,60)61)52-39(49-35)46-19-5-8-26(83(68,69)70)23(14-19)54-57-33-29(86(77,78)79)11-16-10-28(85(74,75)76)32(31(43)30(16)34(33)58)56-55-24-15-21(81(62,63)64)6-9-27(24)84(71,72)73/h1-15,55-56,58H,43H2,(H,59,60,61)(H,62,63,64)(H,65,66,67)(H,68,69,70)(H,71,72,73)(H,74,75,76)(H,77,78,79)(H2,44,47,50,51,53)(H2,45,46,48,49,52). The number of nitrogens with zero attached hydrogens (tertiary/aromatic N) is 8. The third-order valence-electron chi connectivity index (χ3n) is 10.9. The van der Waals surface area contributed by atoms with E-state index in [4.69, 9.17) is 28.9 Å². The Morgan fingerprint density at radius 2 is 0.860 bits per heavy atom. The van der Waals surface area contributed by atoms with Gasteiger partial charge in [-0.3, -0.25) is 42.7 Å². The number of hydrazine groups is 1. The van der Waals surface area contributed by atoms with Gasteiger partial charge < -0.3 is 32.1 Å². The number of hydrogen-bond donors (Lipinski definition) is 15. The molecule has 0 fully saturated rings. The molecule has 8 aromatic rings. The summed E-state index contributed by atoms with van der Waals surface area (Å²) in [7, 11) is -36.4. The molecule has 46 heteroatoms. The van der Waals surface area contributed by atoms with Crippen LogP contribution in [0.15, 0.2) is 135 Å². The topological polar surface area (TPSA) is 601 Å². The molecule has 86 heavy (non-hydrogen) atoms. The Hall–Kier alpha value is -8.45. The number of hydrogen-bond acceptors (Lipinski definition) is 30. The van der Waals surface area contributed by atoms with Gasteiger partial charge in [-0.05, 0) is 114 Å². The maximum Gasteiger partial charge on any atom is 0.296 e. The first-order chi connectivity index (χ1) is 39.6. The molecule has 8 rings (SSSR count). The number of azo groups is 1. The van der Waals surface area contributed by atoms with Crippen LogP contribution in [0.5, 0.6) is 5.75 Å². The highest BCUT2D eigenvalue weighted by Crippen LogP contribution is 2.48. The number of aromatic nitrogens is 6. The molecule has 0 atom stereocenters. The highest BCUT2D eigenvalue weighted by atomic mass is 35.5. The molecule has 0 aliphatic rings. The molecule has 0 radical (unpaired) electrons. The van der Waals surface area contributed by atoms with Gasteiger partial charge in [0, 0.05) is 17.1 Å². The van der Waals surface area contributed by atoms with Gasteiger partial charge in [0.1, 0.15) is 35.9 Å². The minimum atomic E-state index is -5.61. The molecule has 2 aromatic heterocycles. The van der Waals surface area contributed by atoms with E-state index in [0.717, 1.165) is 42.5 Å². The fourth-order valence-electron chi connectivity index (χ4n) is 7.36. The number of rotatable bonds is 20. The van der Waals surface area contributed by atoms with Crippen LogP contribution in [0.4, 0.5) is 75.0 Å². The van der Waals surface area contributed by atoms with Gasteiger partial charge in [0.05, 0.1) is 37.9 Å². The van der Waals surface area contributed by atoms with Crippen molar-refractivity contribution in [1.82, 2.24) is 29.9 Å². The molecule has 0 amide bonds. The van der Waals surface area contributed by atoms with Crippen LogP contribution in [0.1, 0.15) is 0 Å². The Morgan fingerprint density at radius 1 is 0.419 bits per heavy atom. The highest BCUT2D eigenvalue weighted by molar-refractivity contribution is 7.87. The van der Waals surface area contributed by atoms with Gasteiger partial charge in [-0.2, -0.15) is 88.8 Å². The molecule has 0 aliphatic heterocycles. The van der Waals surface area contributed by atoms with Gasteiger partial charge in [0.2, 0.25) is 34.4 Å². The Balaban J connectivity index is 1.13. The number of fused-ring (bicyclic) bond motifs is 1. The van der Waals surface area contributed by atoms with E-state index >= 15 is 0 Å². The molecule has 0 saturated carbocycles. The zero-order chi connectivity index (χ0) is 63.4. The van der Waals surface area contributed by atoms with Crippen molar-refractivity contribution in [1.29, 1.82) is 0 Å². The van der Waals surface area contributed by atoms with Crippen molar-refractivity contribution in [2.75, 3.05) is 37.9 Å². The van der Waals surface area contributed by atoms with Gasteiger partial charge in [-0.1, -0.05) is 6.07 Å². The Kier molecular flexibility index (Phi) is 17.1. The number of anilines is 11. The van der Waals surface area contributed by atoms with E-state index in [1.54, 1.807) is 0 Å². The first-order valence-electron chi connectivity index (χ1n) is 22.0. The van der Waals surface area contributed by atoms with Crippen LogP contribution >= 0.6 is 23.2 Å². The van der Waals surface area contributed by atoms with E-state index in [9.17, 15) is 95.9 Å². The second kappa shape index (κ2) is 23.1. The van der Waals surface area contributed by atoms with Gasteiger partial charge >= 0.3 is 0 Å². The lowest BCUT2D eigenvalue weighted by Gasteiger charge is -2.19. The molecule has 2 heterocycles. The molecular weight excluding hydrogens is 1340 g/mol. The summed E-state index contributed by atoms with van der Waals surface area (Å²) in [5.74, 6) is -3.07. The van der Waals surface area contributed by atoms with Crippen molar-refractivity contribution >= 4 is 180 Å². The first kappa shape index (κ1) is 63.6.